The number of rotatable bonds is 5. The van der Waals surface area contributed by atoms with Gasteiger partial charge in [-0.05, 0) is 39.2 Å². The summed E-state index contributed by atoms with van der Waals surface area (Å²) >= 11 is 0. The molecule has 1 saturated carbocycles. The summed E-state index contributed by atoms with van der Waals surface area (Å²) < 4.78 is 0. The van der Waals surface area contributed by atoms with Gasteiger partial charge in [0.25, 0.3) is 0 Å². The molecule has 0 saturated heterocycles. The maximum atomic E-state index is 11.8. The average Bonchev–Trinajstić information content (AvgIpc) is 2.70. The molecular weight excluding hydrogens is 202 g/mol. The number of nitrogens with two attached hydrogens (primary N) is 1. The van der Waals surface area contributed by atoms with Crippen LogP contribution in [-0.2, 0) is 0 Å². The van der Waals surface area contributed by atoms with Crippen molar-refractivity contribution in [2.45, 2.75) is 64.0 Å². The molecule has 1 atom stereocenters. The van der Waals surface area contributed by atoms with E-state index in [9.17, 15) is 4.79 Å². The van der Waals surface area contributed by atoms with E-state index in [1.54, 1.807) is 0 Å². The van der Waals surface area contributed by atoms with Crippen molar-refractivity contribution in [2.75, 3.05) is 6.54 Å². The molecule has 0 aromatic rings. The predicted molar refractivity (Wildman–Crippen MR) is 66.3 cm³/mol. The molecule has 0 spiro atoms. The SMILES string of the molecule is CCC(C)(CCN)NC(=O)NC1CCCC1. The summed E-state index contributed by atoms with van der Waals surface area (Å²) in [4.78, 5) is 11.8. The van der Waals surface area contributed by atoms with E-state index in [1.807, 2.05) is 6.92 Å². The molecule has 0 heterocycles. The number of nitrogens with one attached hydrogen (secondary N) is 2. The molecule has 1 unspecified atom stereocenters. The van der Waals surface area contributed by atoms with E-state index in [0.29, 0.717) is 12.6 Å². The lowest BCUT2D eigenvalue weighted by atomic mass is 9.95. The van der Waals surface area contributed by atoms with Crippen LogP contribution in [0.4, 0.5) is 4.79 Å². The van der Waals surface area contributed by atoms with E-state index in [0.717, 1.165) is 25.7 Å². The Kier molecular flexibility index (Phi) is 5.06. The van der Waals surface area contributed by atoms with Gasteiger partial charge in [0.15, 0.2) is 0 Å². The van der Waals surface area contributed by atoms with Crippen molar-refractivity contribution < 1.29 is 4.79 Å². The fourth-order valence-corrected chi connectivity index (χ4v) is 2.21. The molecule has 1 rings (SSSR count). The average molecular weight is 227 g/mol. The zero-order chi connectivity index (χ0) is 12.0. The summed E-state index contributed by atoms with van der Waals surface area (Å²) in [6.07, 6.45) is 6.43. The van der Waals surface area contributed by atoms with Gasteiger partial charge in [-0.25, -0.2) is 4.79 Å². The van der Waals surface area contributed by atoms with Crippen LogP contribution >= 0.6 is 0 Å². The Morgan fingerprint density at radius 2 is 2.06 bits per heavy atom. The lowest BCUT2D eigenvalue weighted by molar-refractivity contribution is 0.220. The van der Waals surface area contributed by atoms with Gasteiger partial charge in [0.1, 0.15) is 0 Å². The van der Waals surface area contributed by atoms with Gasteiger partial charge in [0, 0.05) is 11.6 Å². The number of hydrogen-bond donors (Lipinski definition) is 3. The zero-order valence-electron chi connectivity index (χ0n) is 10.5. The minimum absolute atomic E-state index is 0.0373. The Morgan fingerprint density at radius 1 is 1.44 bits per heavy atom. The molecule has 1 fully saturated rings. The number of carbonyl (C=O) groups excluding carboxylic acids is 1. The van der Waals surface area contributed by atoms with Crippen molar-refractivity contribution in [1.82, 2.24) is 10.6 Å². The topological polar surface area (TPSA) is 67.1 Å². The summed E-state index contributed by atoms with van der Waals surface area (Å²) in [5.74, 6) is 0. The molecule has 1 aliphatic rings. The molecule has 4 N–H and O–H groups in total. The van der Waals surface area contributed by atoms with Crippen molar-refractivity contribution in [2.24, 2.45) is 5.73 Å². The Morgan fingerprint density at radius 3 is 2.56 bits per heavy atom. The van der Waals surface area contributed by atoms with Crippen LogP contribution < -0.4 is 16.4 Å². The van der Waals surface area contributed by atoms with Crippen LogP contribution in [0, 0.1) is 0 Å². The van der Waals surface area contributed by atoms with Gasteiger partial charge in [0.05, 0.1) is 0 Å². The van der Waals surface area contributed by atoms with E-state index in [4.69, 9.17) is 5.73 Å². The maximum absolute atomic E-state index is 11.8. The third-order valence-corrected chi connectivity index (χ3v) is 3.58. The smallest absolute Gasteiger partial charge is 0.315 e. The molecule has 4 nitrogen and oxygen atoms in total. The van der Waals surface area contributed by atoms with Crippen molar-refractivity contribution in [3.05, 3.63) is 0 Å². The first-order valence-corrected chi connectivity index (χ1v) is 6.38. The summed E-state index contributed by atoms with van der Waals surface area (Å²) in [5.41, 5.74) is 5.39. The molecular formula is C12H25N3O. The molecule has 16 heavy (non-hydrogen) atoms. The van der Waals surface area contributed by atoms with E-state index in [1.165, 1.54) is 12.8 Å². The Balaban J connectivity index is 2.35. The molecule has 0 bridgehead atoms. The van der Waals surface area contributed by atoms with Gasteiger partial charge < -0.3 is 16.4 Å². The Labute approximate surface area is 98.3 Å². The summed E-state index contributed by atoms with van der Waals surface area (Å²) in [6, 6.07) is 0.337. The minimum atomic E-state index is -0.169. The Bertz CT molecular complexity index is 226. The molecule has 0 radical (unpaired) electrons. The normalized spacial score (nSPS) is 20.4. The molecule has 0 aromatic heterocycles. The van der Waals surface area contributed by atoms with E-state index >= 15 is 0 Å². The highest BCUT2D eigenvalue weighted by Crippen LogP contribution is 2.18. The highest BCUT2D eigenvalue weighted by Gasteiger charge is 2.25. The van der Waals surface area contributed by atoms with Gasteiger partial charge in [-0.3, -0.25) is 0 Å². The van der Waals surface area contributed by atoms with Crippen molar-refractivity contribution in [1.29, 1.82) is 0 Å². The maximum Gasteiger partial charge on any atom is 0.315 e. The lowest BCUT2D eigenvalue weighted by Gasteiger charge is -2.30. The quantitative estimate of drug-likeness (QED) is 0.670. The van der Waals surface area contributed by atoms with Gasteiger partial charge in [-0.1, -0.05) is 19.8 Å². The zero-order valence-corrected chi connectivity index (χ0v) is 10.5. The van der Waals surface area contributed by atoms with Crippen LogP contribution in [0.2, 0.25) is 0 Å². The monoisotopic (exact) mass is 227 g/mol. The first-order valence-electron chi connectivity index (χ1n) is 6.38. The van der Waals surface area contributed by atoms with Crippen molar-refractivity contribution in [3.63, 3.8) is 0 Å². The first-order chi connectivity index (χ1) is 7.59. The second kappa shape index (κ2) is 6.09. The summed E-state index contributed by atoms with van der Waals surface area (Å²) in [5, 5.41) is 6.08. The largest absolute Gasteiger partial charge is 0.335 e. The van der Waals surface area contributed by atoms with E-state index < -0.39 is 0 Å². The number of amides is 2. The fourth-order valence-electron chi connectivity index (χ4n) is 2.21. The molecule has 94 valence electrons. The highest BCUT2D eigenvalue weighted by atomic mass is 16.2. The molecule has 4 heteroatoms. The van der Waals surface area contributed by atoms with Crippen LogP contribution in [0.3, 0.4) is 0 Å². The number of carbonyl (C=O) groups is 1. The standard InChI is InChI=1S/C12H25N3O/c1-3-12(2,8-9-13)15-11(16)14-10-6-4-5-7-10/h10H,3-9,13H2,1-2H3,(H2,14,15,16). The minimum Gasteiger partial charge on any atom is -0.335 e. The first kappa shape index (κ1) is 13.3. The van der Waals surface area contributed by atoms with Crippen molar-refractivity contribution >= 4 is 6.03 Å². The molecule has 1 aliphatic carbocycles. The Hall–Kier alpha value is -0.770. The number of urea groups is 1. The lowest BCUT2D eigenvalue weighted by Crippen LogP contribution is -2.52. The van der Waals surface area contributed by atoms with Crippen molar-refractivity contribution in [3.8, 4) is 0 Å². The van der Waals surface area contributed by atoms with Crippen LogP contribution in [0.15, 0.2) is 0 Å². The van der Waals surface area contributed by atoms with Gasteiger partial charge in [-0.15, -0.1) is 0 Å². The summed E-state index contributed by atoms with van der Waals surface area (Å²) in [7, 11) is 0. The molecule has 2 amide bonds. The van der Waals surface area contributed by atoms with E-state index in [2.05, 4.69) is 17.6 Å². The van der Waals surface area contributed by atoms with Crippen LogP contribution in [-0.4, -0.2) is 24.2 Å². The third kappa shape index (κ3) is 4.00. The second-order valence-electron chi connectivity index (χ2n) is 5.03. The predicted octanol–water partition coefficient (Wildman–Crippen LogP) is 1.75. The highest BCUT2D eigenvalue weighted by molar-refractivity contribution is 5.75. The summed E-state index contributed by atoms with van der Waals surface area (Å²) in [6.45, 7) is 4.73. The van der Waals surface area contributed by atoms with Gasteiger partial charge in [0.2, 0.25) is 0 Å². The molecule has 0 aromatic carbocycles. The van der Waals surface area contributed by atoms with Crippen LogP contribution in [0.1, 0.15) is 52.4 Å². The number of hydrogen-bond acceptors (Lipinski definition) is 2. The third-order valence-electron chi connectivity index (χ3n) is 3.58. The molecule has 0 aliphatic heterocycles. The van der Waals surface area contributed by atoms with Crippen LogP contribution in [0.5, 0.6) is 0 Å². The van der Waals surface area contributed by atoms with Gasteiger partial charge in [-0.2, -0.15) is 0 Å². The van der Waals surface area contributed by atoms with E-state index in [-0.39, 0.29) is 11.6 Å². The van der Waals surface area contributed by atoms with Crippen LogP contribution in [0.25, 0.3) is 0 Å². The fraction of sp³-hybridized carbons (Fsp3) is 0.917. The second-order valence-corrected chi connectivity index (χ2v) is 5.03. The van der Waals surface area contributed by atoms with Gasteiger partial charge >= 0.3 is 6.03 Å².